The summed E-state index contributed by atoms with van der Waals surface area (Å²) in [6.45, 7) is 0.357. The molecule has 17 heavy (non-hydrogen) atoms. The van der Waals surface area contributed by atoms with E-state index in [1.165, 1.54) is 11.3 Å². The van der Waals surface area contributed by atoms with Crippen molar-refractivity contribution in [3.8, 4) is 0 Å². The third-order valence-corrected chi connectivity index (χ3v) is 3.91. The van der Waals surface area contributed by atoms with Crippen molar-refractivity contribution >= 4 is 33.2 Å². The summed E-state index contributed by atoms with van der Waals surface area (Å²) < 4.78 is 0.781. The smallest absolute Gasteiger partial charge is 0.269 e. The number of benzene rings is 1. The molecule has 0 saturated heterocycles. The number of carbonyl (C=O) groups is 1. The molecule has 0 radical (unpaired) electrons. The Labute approximate surface area is 112 Å². The van der Waals surface area contributed by atoms with E-state index in [2.05, 4.69) is 21.4 Å². The fraction of sp³-hybridized carbons (Fsp3) is 0.0833. The molecular formula is C12H10BrNO2S. The molecule has 0 bridgehead atoms. The Morgan fingerprint density at radius 3 is 2.71 bits per heavy atom. The first kappa shape index (κ1) is 12.3. The van der Waals surface area contributed by atoms with Crippen LogP contribution in [0.15, 0.2) is 46.3 Å². The lowest BCUT2D eigenvalue weighted by atomic mass is 10.2. The number of carbonyl (C=O) groups excluding carboxylic acids is 1. The molecule has 0 fully saturated rings. The van der Waals surface area contributed by atoms with Crippen LogP contribution in [0.3, 0.4) is 0 Å². The summed E-state index contributed by atoms with van der Waals surface area (Å²) in [5, 5.41) is 1.84. The molecule has 2 aromatic rings. The summed E-state index contributed by atoms with van der Waals surface area (Å²) in [6.07, 6.45) is 0. The van der Waals surface area contributed by atoms with Gasteiger partial charge in [0, 0.05) is 4.47 Å². The molecule has 1 aromatic carbocycles. The van der Waals surface area contributed by atoms with Crippen LogP contribution in [0.2, 0.25) is 0 Å². The van der Waals surface area contributed by atoms with Gasteiger partial charge < -0.3 is 0 Å². The van der Waals surface area contributed by atoms with Crippen LogP contribution in [0.5, 0.6) is 0 Å². The first-order valence-corrected chi connectivity index (χ1v) is 6.63. The predicted molar refractivity (Wildman–Crippen MR) is 70.7 cm³/mol. The standard InChI is InChI=1S/C12H10BrNO2S/c13-10-6-7-17-11(10)12(15)14-16-8-9-4-2-1-3-5-9/h1-7H,8H2,(H,14,15). The molecular weight excluding hydrogens is 302 g/mol. The largest absolute Gasteiger partial charge is 0.286 e. The molecule has 1 amide bonds. The minimum atomic E-state index is -0.234. The monoisotopic (exact) mass is 311 g/mol. The Kier molecular flexibility index (Phi) is 4.30. The number of amides is 1. The number of hydrogen-bond acceptors (Lipinski definition) is 3. The van der Waals surface area contributed by atoms with Gasteiger partial charge in [0.2, 0.25) is 0 Å². The number of hydrogen-bond donors (Lipinski definition) is 1. The van der Waals surface area contributed by atoms with Gasteiger partial charge in [0.1, 0.15) is 4.88 Å². The molecule has 0 aliphatic carbocycles. The summed E-state index contributed by atoms with van der Waals surface area (Å²) in [5.74, 6) is -0.234. The topological polar surface area (TPSA) is 38.3 Å². The first-order chi connectivity index (χ1) is 8.27. The van der Waals surface area contributed by atoms with Gasteiger partial charge in [-0.2, -0.15) is 0 Å². The highest BCUT2D eigenvalue weighted by molar-refractivity contribution is 9.10. The highest BCUT2D eigenvalue weighted by Crippen LogP contribution is 2.22. The van der Waals surface area contributed by atoms with Crippen molar-refractivity contribution in [2.75, 3.05) is 0 Å². The van der Waals surface area contributed by atoms with Crippen molar-refractivity contribution in [2.24, 2.45) is 0 Å². The lowest BCUT2D eigenvalue weighted by Gasteiger charge is -2.04. The molecule has 0 aliphatic rings. The van der Waals surface area contributed by atoms with Gasteiger partial charge in [-0.3, -0.25) is 9.63 Å². The molecule has 0 saturated carbocycles. The lowest BCUT2D eigenvalue weighted by Crippen LogP contribution is -2.22. The van der Waals surface area contributed by atoms with Gasteiger partial charge in [0.25, 0.3) is 5.91 Å². The van der Waals surface area contributed by atoms with Crippen LogP contribution in [0.25, 0.3) is 0 Å². The predicted octanol–water partition coefficient (Wildman–Crippen LogP) is 3.37. The van der Waals surface area contributed by atoms with Crippen molar-refractivity contribution < 1.29 is 9.63 Å². The summed E-state index contributed by atoms with van der Waals surface area (Å²) in [6, 6.07) is 11.5. The molecule has 0 atom stereocenters. The van der Waals surface area contributed by atoms with Crippen LogP contribution >= 0.6 is 27.3 Å². The Morgan fingerprint density at radius 2 is 2.06 bits per heavy atom. The fourth-order valence-corrected chi connectivity index (χ4v) is 2.70. The van der Waals surface area contributed by atoms with Gasteiger partial charge in [0.05, 0.1) is 6.61 Å². The highest BCUT2D eigenvalue weighted by Gasteiger charge is 2.10. The van der Waals surface area contributed by atoms with Crippen molar-refractivity contribution in [2.45, 2.75) is 6.61 Å². The average Bonchev–Trinajstić information content (AvgIpc) is 2.77. The van der Waals surface area contributed by atoms with E-state index in [4.69, 9.17) is 4.84 Å². The van der Waals surface area contributed by atoms with Crippen LogP contribution in [0.1, 0.15) is 15.2 Å². The second-order valence-electron chi connectivity index (χ2n) is 3.30. The van der Waals surface area contributed by atoms with Crippen LogP contribution in [-0.4, -0.2) is 5.91 Å². The molecule has 0 unspecified atom stereocenters. The average molecular weight is 312 g/mol. The molecule has 1 aromatic heterocycles. The summed E-state index contributed by atoms with van der Waals surface area (Å²) in [7, 11) is 0. The summed E-state index contributed by atoms with van der Waals surface area (Å²) in [4.78, 5) is 17.4. The van der Waals surface area contributed by atoms with Crippen molar-refractivity contribution in [3.63, 3.8) is 0 Å². The van der Waals surface area contributed by atoms with E-state index in [9.17, 15) is 4.79 Å². The van der Waals surface area contributed by atoms with E-state index >= 15 is 0 Å². The Morgan fingerprint density at radius 1 is 1.29 bits per heavy atom. The van der Waals surface area contributed by atoms with Gasteiger partial charge in [-0.15, -0.1) is 11.3 Å². The molecule has 1 N–H and O–H groups in total. The third-order valence-electron chi connectivity index (χ3n) is 2.07. The van der Waals surface area contributed by atoms with Crippen LogP contribution < -0.4 is 5.48 Å². The van der Waals surface area contributed by atoms with Crippen LogP contribution in [0.4, 0.5) is 0 Å². The fourth-order valence-electron chi connectivity index (χ4n) is 1.26. The Hall–Kier alpha value is -1.17. The number of halogens is 1. The van der Waals surface area contributed by atoms with E-state index in [0.29, 0.717) is 11.5 Å². The van der Waals surface area contributed by atoms with Gasteiger partial charge in [-0.05, 0) is 32.9 Å². The van der Waals surface area contributed by atoms with Crippen LogP contribution in [0, 0.1) is 0 Å². The SMILES string of the molecule is O=C(NOCc1ccccc1)c1sccc1Br. The van der Waals surface area contributed by atoms with E-state index in [-0.39, 0.29) is 5.91 Å². The minimum Gasteiger partial charge on any atom is -0.269 e. The van der Waals surface area contributed by atoms with Gasteiger partial charge in [0.15, 0.2) is 0 Å². The Balaban J connectivity index is 1.84. The van der Waals surface area contributed by atoms with E-state index in [1.807, 2.05) is 41.8 Å². The number of rotatable bonds is 4. The van der Waals surface area contributed by atoms with Crippen molar-refractivity contribution in [1.82, 2.24) is 5.48 Å². The minimum absolute atomic E-state index is 0.234. The zero-order valence-electron chi connectivity index (χ0n) is 8.85. The normalized spacial score (nSPS) is 10.2. The number of hydroxylamine groups is 1. The molecule has 1 heterocycles. The molecule has 0 spiro atoms. The first-order valence-electron chi connectivity index (χ1n) is 4.96. The van der Waals surface area contributed by atoms with Gasteiger partial charge in [-0.25, -0.2) is 5.48 Å². The molecule has 5 heteroatoms. The van der Waals surface area contributed by atoms with Crippen molar-refractivity contribution in [3.05, 3.63) is 56.7 Å². The quantitative estimate of drug-likeness (QED) is 0.879. The Bertz CT molecular complexity index is 498. The van der Waals surface area contributed by atoms with E-state index in [1.54, 1.807) is 0 Å². The zero-order valence-corrected chi connectivity index (χ0v) is 11.3. The summed E-state index contributed by atoms with van der Waals surface area (Å²) in [5.41, 5.74) is 3.43. The zero-order chi connectivity index (χ0) is 12.1. The second-order valence-corrected chi connectivity index (χ2v) is 5.07. The van der Waals surface area contributed by atoms with Crippen LogP contribution in [-0.2, 0) is 11.4 Å². The van der Waals surface area contributed by atoms with E-state index < -0.39 is 0 Å². The second kappa shape index (κ2) is 5.95. The van der Waals surface area contributed by atoms with Gasteiger partial charge in [-0.1, -0.05) is 30.3 Å². The molecule has 88 valence electrons. The summed E-state index contributed by atoms with van der Waals surface area (Å²) >= 11 is 4.66. The lowest BCUT2D eigenvalue weighted by molar-refractivity contribution is 0.0236. The molecule has 3 nitrogen and oxygen atoms in total. The van der Waals surface area contributed by atoms with Gasteiger partial charge >= 0.3 is 0 Å². The maximum absolute atomic E-state index is 11.7. The van der Waals surface area contributed by atoms with E-state index in [0.717, 1.165) is 10.0 Å². The maximum atomic E-state index is 11.7. The molecule has 0 aliphatic heterocycles. The van der Waals surface area contributed by atoms with Crippen molar-refractivity contribution in [1.29, 1.82) is 0 Å². The maximum Gasteiger partial charge on any atom is 0.286 e. The number of nitrogens with one attached hydrogen (secondary N) is 1. The third kappa shape index (κ3) is 3.39. The highest BCUT2D eigenvalue weighted by atomic mass is 79.9. The number of thiophene rings is 1. The molecule has 2 rings (SSSR count).